The normalized spacial score (nSPS) is 13.6. The molecule has 0 fully saturated rings. The van der Waals surface area contributed by atoms with Crippen LogP contribution in [0.1, 0.15) is 41.6 Å². The molecule has 0 radical (unpaired) electrons. The van der Waals surface area contributed by atoms with E-state index in [9.17, 15) is 9.59 Å². The first-order chi connectivity index (χ1) is 13.0. The van der Waals surface area contributed by atoms with Crippen molar-refractivity contribution in [2.45, 2.75) is 52.5 Å². The summed E-state index contributed by atoms with van der Waals surface area (Å²) in [6.45, 7) is 4.35. The number of aryl methyl sites for hydroxylation is 5. The van der Waals surface area contributed by atoms with E-state index in [1.165, 1.54) is 0 Å². The van der Waals surface area contributed by atoms with Gasteiger partial charge in [0.1, 0.15) is 5.52 Å². The van der Waals surface area contributed by atoms with Gasteiger partial charge in [-0.3, -0.25) is 9.59 Å². The molecule has 0 saturated carbocycles. The molecule has 2 aromatic heterocycles. The highest BCUT2D eigenvalue weighted by Crippen LogP contribution is 2.22. The first-order valence-corrected chi connectivity index (χ1v) is 9.49. The van der Waals surface area contributed by atoms with E-state index in [1.54, 1.807) is 15.3 Å². The average molecular weight is 364 g/mol. The second-order valence-corrected chi connectivity index (χ2v) is 7.34. The summed E-state index contributed by atoms with van der Waals surface area (Å²) in [4.78, 5) is 25.2. The maximum absolute atomic E-state index is 12.9. The van der Waals surface area contributed by atoms with Crippen molar-refractivity contribution >= 4 is 17.1 Å². The zero-order valence-corrected chi connectivity index (χ0v) is 15.8. The van der Waals surface area contributed by atoms with Crippen molar-refractivity contribution < 1.29 is 4.79 Å². The van der Waals surface area contributed by atoms with Crippen LogP contribution in [0.4, 0.5) is 5.69 Å². The number of anilines is 1. The number of amides is 1. The molecular formula is C21H24N4O2. The van der Waals surface area contributed by atoms with Gasteiger partial charge in [0.25, 0.3) is 5.56 Å². The molecule has 1 amide bonds. The van der Waals surface area contributed by atoms with Crippen molar-refractivity contribution in [3.63, 3.8) is 0 Å². The minimum absolute atomic E-state index is 0.0625. The molecule has 0 spiro atoms. The molecule has 2 heterocycles. The SMILES string of the molecule is Cc1ccc(NC(=O)CCn2ccn3nc4c(c3c2=O)CCCC4)c(C)c1. The van der Waals surface area contributed by atoms with Crippen molar-refractivity contribution in [2.75, 3.05) is 5.32 Å². The predicted molar refractivity (Wildman–Crippen MR) is 105 cm³/mol. The molecule has 0 bridgehead atoms. The summed E-state index contributed by atoms with van der Waals surface area (Å²) < 4.78 is 3.32. The fourth-order valence-electron chi connectivity index (χ4n) is 3.82. The van der Waals surface area contributed by atoms with Crippen LogP contribution in [0.5, 0.6) is 0 Å². The summed E-state index contributed by atoms with van der Waals surface area (Å²) in [5, 5.41) is 7.48. The van der Waals surface area contributed by atoms with E-state index in [4.69, 9.17) is 0 Å². The standard InChI is InChI=1S/C21H24N4O2/c1-14-7-8-17(15(2)13-14)22-19(26)9-10-24-11-12-25-20(21(24)27)16-5-3-4-6-18(16)23-25/h7-8,11-13H,3-6,9-10H2,1-2H3,(H,22,26). The van der Waals surface area contributed by atoms with Crippen LogP contribution < -0.4 is 10.9 Å². The van der Waals surface area contributed by atoms with Crippen LogP contribution in [0.2, 0.25) is 0 Å². The van der Waals surface area contributed by atoms with Gasteiger partial charge >= 0.3 is 0 Å². The summed E-state index contributed by atoms with van der Waals surface area (Å²) in [7, 11) is 0. The molecule has 0 aliphatic heterocycles. The number of hydrogen-bond donors (Lipinski definition) is 1. The van der Waals surface area contributed by atoms with E-state index in [2.05, 4.69) is 10.4 Å². The smallest absolute Gasteiger partial charge is 0.276 e. The van der Waals surface area contributed by atoms with Crippen molar-refractivity contribution in [2.24, 2.45) is 0 Å². The molecule has 4 rings (SSSR count). The van der Waals surface area contributed by atoms with Crippen LogP contribution in [-0.4, -0.2) is 20.1 Å². The second-order valence-electron chi connectivity index (χ2n) is 7.34. The Balaban J connectivity index is 1.51. The Hall–Kier alpha value is -2.89. The Bertz CT molecular complexity index is 1080. The zero-order valence-electron chi connectivity index (χ0n) is 15.8. The lowest BCUT2D eigenvalue weighted by Gasteiger charge is -2.11. The summed E-state index contributed by atoms with van der Waals surface area (Å²) in [5.41, 5.74) is 5.75. The van der Waals surface area contributed by atoms with Crippen LogP contribution >= 0.6 is 0 Å². The Morgan fingerprint density at radius 2 is 2.00 bits per heavy atom. The lowest BCUT2D eigenvalue weighted by Crippen LogP contribution is -2.25. The van der Waals surface area contributed by atoms with E-state index in [1.807, 2.05) is 38.2 Å². The van der Waals surface area contributed by atoms with E-state index >= 15 is 0 Å². The number of rotatable bonds is 4. The van der Waals surface area contributed by atoms with Gasteiger partial charge in [0.2, 0.25) is 5.91 Å². The highest BCUT2D eigenvalue weighted by atomic mass is 16.2. The molecule has 27 heavy (non-hydrogen) atoms. The van der Waals surface area contributed by atoms with Gasteiger partial charge in [0.05, 0.1) is 5.69 Å². The third-order valence-electron chi connectivity index (χ3n) is 5.27. The molecule has 6 nitrogen and oxygen atoms in total. The van der Waals surface area contributed by atoms with Gasteiger partial charge in [-0.05, 0) is 51.2 Å². The molecule has 0 unspecified atom stereocenters. The minimum Gasteiger partial charge on any atom is -0.326 e. The van der Waals surface area contributed by atoms with Crippen LogP contribution in [0.3, 0.4) is 0 Å². The van der Waals surface area contributed by atoms with Gasteiger partial charge in [-0.2, -0.15) is 5.10 Å². The molecule has 0 saturated heterocycles. The van der Waals surface area contributed by atoms with Gasteiger partial charge in [0, 0.05) is 36.6 Å². The molecule has 6 heteroatoms. The number of benzene rings is 1. The van der Waals surface area contributed by atoms with Gasteiger partial charge in [-0.1, -0.05) is 17.7 Å². The quantitative estimate of drug-likeness (QED) is 0.774. The monoisotopic (exact) mass is 364 g/mol. The first-order valence-electron chi connectivity index (χ1n) is 9.49. The number of aromatic nitrogens is 3. The number of hydrogen-bond acceptors (Lipinski definition) is 3. The van der Waals surface area contributed by atoms with Crippen LogP contribution in [0.15, 0.2) is 35.4 Å². The van der Waals surface area contributed by atoms with Crippen LogP contribution in [-0.2, 0) is 24.2 Å². The summed E-state index contributed by atoms with van der Waals surface area (Å²) in [6, 6.07) is 5.93. The van der Waals surface area contributed by atoms with Gasteiger partial charge in [-0.15, -0.1) is 0 Å². The van der Waals surface area contributed by atoms with Crippen molar-refractivity contribution in [3.05, 3.63) is 63.3 Å². The predicted octanol–water partition coefficient (Wildman–Crippen LogP) is 3.02. The van der Waals surface area contributed by atoms with E-state index in [-0.39, 0.29) is 17.9 Å². The maximum Gasteiger partial charge on any atom is 0.276 e. The molecule has 1 aliphatic rings. The van der Waals surface area contributed by atoms with Crippen molar-refractivity contribution in [1.29, 1.82) is 0 Å². The van der Waals surface area contributed by atoms with Gasteiger partial charge < -0.3 is 9.88 Å². The minimum atomic E-state index is -0.0933. The first kappa shape index (κ1) is 17.5. The molecular weight excluding hydrogens is 340 g/mol. The molecule has 1 N–H and O–H groups in total. The molecule has 140 valence electrons. The summed E-state index contributed by atoms with van der Waals surface area (Å²) >= 11 is 0. The molecule has 3 aromatic rings. The van der Waals surface area contributed by atoms with Gasteiger partial charge in [-0.25, -0.2) is 4.52 Å². The molecule has 0 atom stereocenters. The van der Waals surface area contributed by atoms with E-state index < -0.39 is 0 Å². The van der Waals surface area contributed by atoms with Gasteiger partial charge in [0.15, 0.2) is 0 Å². The highest BCUT2D eigenvalue weighted by molar-refractivity contribution is 5.91. The second kappa shape index (κ2) is 7.02. The Kier molecular flexibility index (Phi) is 4.56. The Morgan fingerprint density at radius 3 is 2.81 bits per heavy atom. The summed E-state index contributed by atoms with van der Waals surface area (Å²) in [5.74, 6) is -0.0933. The number of carbonyl (C=O) groups is 1. The Labute approximate surface area is 157 Å². The maximum atomic E-state index is 12.9. The van der Waals surface area contributed by atoms with Crippen LogP contribution in [0, 0.1) is 13.8 Å². The fourth-order valence-corrected chi connectivity index (χ4v) is 3.82. The lowest BCUT2D eigenvalue weighted by atomic mass is 9.97. The Morgan fingerprint density at radius 1 is 1.19 bits per heavy atom. The zero-order chi connectivity index (χ0) is 19.0. The number of nitrogens with one attached hydrogen (secondary N) is 1. The summed E-state index contributed by atoms with van der Waals surface area (Å²) in [6.07, 6.45) is 7.86. The third kappa shape index (κ3) is 3.39. The molecule has 1 aromatic carbocycles. The topological polar surface area (TPSA) is 68.4 Å². The number of carbonyl (C=O) groups excluding carboxylic acids is 1. The lowest BCUT2D eigenvalue weighted by molar-refractivity contribution is -0.116. The third-order valence-corrected chi connectivity index (χ3v) is 5.27. The van der Waals surface area contributed by atoms with E-state index in [0.717, 1.165) is 53.8 Å². The van der Waals surface area contributed by atoms with Crippen molar-refractivity contribution in [3.8, 4) is 0 Å². The molecule has 1 aliphatic carbocycles. The fraction of sp³-hybridized carbons (Fsp3) is 0.381. The van der Waals surface area contributed by atoms with E-state index in [0.29, 0.717) is 12.1 Å². The highest BCUT2D eigenvalue weighted by Gasteiger charge is 2.19. The number of fused-ring (bicyclic) bond motifs is 3. The van der Waals surface area contributed by atoms with Crippen LogP contribution in [0.25, 0.3) is 5.52 Å². The average Bonchev–Trinajstić information content (AvgIpc) is 3.03. The number of nitrogens with zero attached hydrogens (tertiary/aromatic N) is 3. The largest absolute Gasteiger partial charge is 0.326 e. The van der Waals surface area contributed by atoms with Crippen molar-refractivity contribution in [1.82, 2.24) is 14.2 Å².